The van der Waals surface area contributed by atoms with Gasteiger partial charge in [-0.2, -0.15) is 0 Å². The molecule has 0 saturated carbocycles. The number of fused-ring (bicyclic) bond motifs is 9. The van der Waals surface area contributed by atoms with Crippen molar-refractivity contribution < 1.29 is 13.2 Å². The van der Waals surface area contributed by atoms with Crippen molar-refractivity contribution in [1.82, 2.24) is 19.8 Å². The zero-order valence-electron chi connectivity index (χ0n) is 27.0. The standard InChI is InChI=1S/C36H49F3N6/c1-25(2)44-20-12-27(13-21-44)30-22-31-34-40-23-28-10-9-11-32(33(28)37)36(38,39)29-14-18-43(19-15-29)16-7-5-4-6-8-17-45(26(30)3)35(31)42-24-41-34/h9-11,22,24-25,27,29H,3-8,12-21,23H2,1-2H3,(H,40,41,42). The number of rotatable bonds is 2. The largest absolute Gasteiger partial charge is 0.365 e. The first kappa shape index (κ1) is 32.0. The van der Waals surface area contributed by atoms with Gasteiger partial charge in [0.1, 0.15) is 23.8 Å². The third-order valence-corrected chi connectivity index (χ3v) is 10.6. The minimum Gasteiger partial charge on any atom is -0.365 e. The molecular weight excluding hydrogens is 573 g/mol. The normalized spacial score (nSPS) is 25.4. The predicted molar refractivity (Wildman–Crippen MR) is 176 cm³/mol. The number of benzene rings is 1. The summed E-state index contributed by atoms with van der Waals surface area (Å²) in [4.78, 5) is 16.4. The summed E-state index contributed by atoms with van der Waals surface area (Å²) in [6.07, 6.45) is 12.1. The van der Waals surface area contributed by atoms with E-state index in [9.17, 15) is 0 Å². The smallest absolute Gasteiger partial charge is 0.278 e. The molecule has 0 aliphatic carbocycles. The van der Waals surface area contributed by atoms with Crippen molar-refractivity contribution in [3.8, 4) is 0 Å². The topological polar surface area (TPSA) is 47.5 Å². The Balaban J connectivity index is 1.32. The number of allylic oxidation sites excluding steroid dienone is 1. The van der Waals surface area contributed by atoms with Crippen LogP contribution in [0.5, 0.6) is 0 Å². The Kier molecular flexibility index (Phi) is 9.85. The van der Waals surface area contributed by atoms with E-state index in [1.807, 2.05) is 0 Å². The van der Waals surface area contributed by atoms with Crippen LogP contribution in [0.2, 0.25) is 0 Å². The molecule has 7 rings (SSSR count). The molecule has 6 nitrogen and oxygen atoms in total. The summed E-state index contributed by atoms with van der Waals surface area (Å²) in [7, 11) is 0. The number of hydrogen-bond acceptors (Lipinski definition) is 6. The maximum absolute atomic E-state index is 15.8. The van der Waals surface area contributed by atoms with E-state index in [1.54, 1.807) is 12.1 Å². The number of nitrogens with zero attached hydrogens (tertiary/aromatic N) is 5. The first-order valence-electron chi connectivity index (χ1n) is 17.1. The van der Waals surface area contributed by atoms with Crippen LogP contribution in [-0.4, -0.2) is 65.1 Å². The van der Waals surface area contributed by atoms with E-state index in [0.29, 0.717) is 43.7 Å². The van der Waals surface area contributed by atoms with E-state index in [2.05, 4.69) is 51.5 Å². The highest BCUT2D eigenvalue weighted by atomic mass is 19.3. The van der Waals surface area contributed by atoms with Gasteiger partial charge in [-0.1, -0.05) is 44.0 Å². The highest BCUT2D eigenvalue weighted by molar-refractivity contribution is 5.82. The van der Waals surface area contributed by atoms with Crippen LogP contribution < -0.4 is 10.2 Å². The summed E-state index contributed by atoms with van der Waals surface area (Å²) in [5, 5.41) is 3.31. The highest BCUT2D eigenvalue weighted by Gasteiger charge is 2.44. The van der Waals surface area contributed by atoms with E-state index in [1.165, 1.54) is 18.0 Å². The number of hydrogen-bond donors (Lipinski definition) is 1. The summed E-state index contributed by atoms with van der Waals surface area (Å²) in [6, 6.07) is 4.93. The molecular formula is C36H49F3N6. The van der Waals surface area contributed by atoms with Gasteiger partial charge in [-0.3, -0.25) is 0 Å². The fourth-order valence-electron chi connectivity index (χ4n) is 7.75. The molecule has 8 bridgehead atoms. The van der Waals surface area contributed by atoms with Crippen molar-refractivity contribution >= 4 is 17.7 Å². The molecule has 0 atom stereocenters. The first-order valence-corrected chi connectivity index (χ1v) is 17.1. The fourth-order valence-corrected chi connectivity index (χ4v) is 7.75. The van der Waals surface area contributed by atoms with Gasteiger partial charge in [0.25, 0.3) is 5.92 Å². The number of piperidine rings is 2. The lowest BCUT2D eigenvalue weighted by Crippen LogP contribution is -2.40. The molecule has 1 aromatic carbocycles. The van der Waals surface area contributed by atoms with Gasteiger partial charge in [0.15, 0.2) is 0 Å². The number of aromatic nitrogens is 2. The van der Waals surface area contributed by atoms with Gasteiger partial charge >= 0.3 is 0 Å². The van der Waals surface area contributed by atoms with Crippen LogP contribution in [0.25, 0.3) is 6.08 Å². The molecule has 1 aromatic heterocycles. The second kappa shape index (κ2) is 13.8. The van der Waals surface area contributed by atoms with Gasteiger partial charge in [-0.15, -0.1) is 0 Å². The van der Waals surface area contributed by atoms with Gasteiger partial charge in [-0.05, 0) is 103 Å². The molecule has 6 heterocycles. The van der Waals surface area contributed by atoms with E-state index in [-0.39, 0.29) is 12.1 Å². The highest BCUT2D eigenvalue weighted by Crippen LogP contribution is 2.44. The zero-order valence-corrected chi connectivity index (χ0v) is 27.0. The number of anilines is 2. The Hall–Kier alpha value is -2.91. The second-order valence-electron chi connectivity index (χ2n) is 13.7. The summed E-state index contributed by atoms with van der Waals surface area (Å²) in [5.41, 5.74) is 2.82. The number of alkyl halides is 2. The minimum atomic E-state index is -3.22. The van der Waals surface area contributed by atoms with Crippen LogP contribution in [-0.2, 0) is 12.5 Å². The molecule has 0 unspecified atom stereocenters. The Morgan fingerprint density at radius 1 is 0.911 bits per heavy atom. The average Bonchev–Trinajstić information content (AvgIpc) is 3.04. The maximum Gasteiger partial charge on any atom is 0.278 e. The summed E-state index contributed by atoms with van der Waals surface area (Å²) in [5.74, 6) is -3.13. The van der Waals surface area contributed by atoms with Gasteiger partial charge in [0.05, 0.1) is 11.1 Å². The quantitative estimate of drug-likeness (QED) is 0.369. The van der Waals surface area contributed by atoms with E-state index < -0.39 is 23.2 Å². The van der Waals surface area contributed by atoms with E-state index >= 15 is 13.2 Å². The molecule has 244 valence electrons. The van der Waals surface area contributed by atoms with Crippen molar-refractivity contribution in [2.24, 2.45) is 11.8 Å². The van der Waals surface area contributed by atoms with Crippen LogP contribution in [0, 0.1) is 17.7 Å². The molecule has 2 aromatic rings. The summed E-state index contributed by atoms with van der Waals surface area (Å²) < 4.78 is 47.4. The minimum absolute atomic E-state index is 0.0501. The first-order chi connectivity index (χ1) is 21.7. The zero-order chi connectivity index (χ0) is 31.6. The Morgan fingerprint density at radius 3 is 2.36 bits per heavy atom. The van der Waals surface area contributed by atoms with Crippen LogP contribution in [0.3, 0.4) is 0 Å². The molecule has 2 saturated heterocycles. The van der Waals surface area contributed by atoms with Crippen molar-refractivity contribution in [2.75, 3.05) is 49.5 Å². The van der Waals surface area contributed by atoms with E-state index in [4.69, 9.17) is 4.98 Å². The number of nitrogens with one attached hydrogen (secondary N) is 1. The summed E-state index contributed by atoms with van der Waals surface area (Å²) in [6.45, 7) is 14.3. The predicted octanol–water partition coefficient (Wildman–Crippen LogP) is 7.83. The van der Waals surface area contributed by atoms with Gasteiger partial charge in [0, 0.05) is 36.3 Å². The number of likely N-dealkylation sites (tertiary alicyclic amines) is 1. The average molecular weight is 623 g/mol. The van der Waals surface area contributed by atoms with Crippen LogP contribution >= 0.6 is 0 Å². The molecule has 0 spiro atoms. The SMILES string of the molecule is C=C1C(C2CCN(C(C)C)CC2)=Cc2c3ncnc2N1CCCCCCCN1CCC(CC1)C(F)(F)c1cccc(c1F)CN3. The molecule has 0 radical (unpaired) electrons. The second-order valence-corrected chi connectivity index (χ2v) is 13.7. The lowest BCUT2D eigenvalue weighted by molar-refractivity contribution is -0.0880. The number of halogens is 3. The lowest BCUT2D eigenvalue weighted by atomic mass is 9.84. The monoisotopic (exact) mass is 622 g/mol. The third kappa shape index (κ3) is 6.80. The third-order valence-electron chi connectivity index (χ3n) is 10.6. The molecule has 1 N–H and O–H groups in total. The fraction of sp³-hybridized carbons (Fsp3) is 0.611. The summed E-state index contributed by atoms with van der Waals surface area (Å²) >= 11 is 0. The Morgan fingerprint density at radius 2 is 1.62 bits per heavy atom. The van der Waals surface area contributed by atoms with Gasteiger partial charge < -0.3 is 20.0 Å². The van der Waals surface area contributed by atoms with E-state index in [0.717, 1.165) is 88.2 Å². The van der Waals surface area contributed by atoms with Crippen LogP contribution in [0.15, 0.2) is 42.4 Å². The van der Waals surface area contributed by atoms with Crippen molar-refractivity contribution in [2.45, 2.75) is 90.1 Å². The maximum atomic E-state index is 15.8. The van der Waals surface area contributed by atoms with Crippen molar-refractivity contribution in [3.05, 3.63) is 64.9 Å². The molecule has 2 fully saturated rings. The van der Waals surface area contributed by atoms with Crippen molar-refractivity contribution in [1.29, 1.82) is 0 Å². The van der Waals surface area contributed by atoms with Gasteiger partial charge in [0.2, 0.25) is 0 Å². The molecule has 45 heavy (non-hydrogen) atoms. The van der Waals surface area contributed by atoms with Gasteiger partial charge in [-0.25, -0.2) is 23.1 Å². The molecule has 0 amide bonds. The lowest BCUT2D eigenvalue weighted by Gasteiger charge is -2.40. The van der Waals surface area contributed by atoms with Crippen molar-refractivity contribution in [3.63, 3.8) is 0 Å². The molecule has 9 heteroatoms. The van der Waals surface area contributed by atoms with Crippen LogP contribution in [0.4, 0.5) is 24.8 Å². The Bertz CT molecular complexity index is 1370. The molecule has 5 aliphatic heterocycles. The van der Waals surface area contributed by atoms with Crippen LogP contribution in [0.1, 0.15) is 88.3 Å². The Labute approximate surface area is 266 Å². The molecule has 5 aliphatic rings.